The van der Waals surface area contributed by atoms with Crippen LogP contribution in [0.15, 0.2) is 18.2 Å². The molecule has 0 radical (unpaired) electrons. The fourth-order valence-electron chi connectivity index (χ4n) is 1.15. The van der Waals surface area contributed by atoms with Gasteiger partial charge in [-0.2, -0.15) is 0 Å². The van der Waals surface area contributed by atoms with Crippen molar-refractivity contribution < 1.29 is 9.53 Å². The second-order valence-corrected chi connectivity index (χ2v) is 4.61. The van der Waals surface area contributed by atoms with E-state index in [-0.39, 0.29) is 5.97 Å². The summed E-state index contributed by atoms with van der Waals surface area (Å²) in [5, 5.41) is 0. The first-order valence-corrected chi connectivity index (χ1v) is 7.70. The predicted octanol–water partition coefficient (Wildman–Crippen LogP) is 3.87. The third-order valence-corrected chi connectivity index (χ3v) is 3.62. The Balaban J connectivity index is 2.91. The number of benzene rings is 1. The quantitative estimate of drug-likeness (QED) is 0.314. The van der Waals surface area contributed by atoms with Gasteiger partial charge in [-0.05, 0) is 23.3 Å². The van der Waals surface area contributed by atoms with E-state index in [1.54, 1.807) is 6.92 Å². The lowest BCUT2D eigenvalue weighted by molar-refractivity contribution is -0.134. The van der Waals surface area contributed by atoms with Crippen molar-refractivity contribution in [3.05, 3.63) is 29.3 Å². The van der Waals surface area contributed by atoms with Crippen LogP contribution in [0.4, 0.5) is 0 Å². The van der Waals surface area contributed by atoms with E-state index in [0.717, 1.165) is 8.86 Å². The van der Waals surface area contributed by atoms with Crippen LogP contribution in [0.3, 0.4) is 0 Å². The Hall–Kier alpha value is 0.150. The van der Waals surface area contributed by atoms with Gasteiger partial charge in [0.05, 0.1) is 0 Å². The fourth-order valence-corrected chi connectivity index (χ4v) is 2.03. The van der Waals surface area contributed by atoms with E-state index in [1.807, 2.05) is 12.1 Å². The molecule has 0 fully saturated rings. The molecule has 1 aromatic rings. The molecule has 0 amide bonds. The average molecular weight is 430 g/mol. The van der Waals surface area contributed by atoms with Crippen LogP contribution in [0.25, 0.3) is 0 Å². The van der Waals surface area contributed by atoms with E-state index >= 15 is 0 Å². The topological polar surface area (TPSA) is 26.3 Å². The number of carbonyl (C=O) groups excluding carboxylic acids is 1. The van der Waals surface area contributed by atoms with Gasteiger partial charge in [-0.1, -0.05) is 58.2 Å². The maximum atomic E-state index is 11.2. The molecule has 4 heteroatoms. The maximum Gasteiger partial charge on any atom is 0.310 e. The Labute approximate surface area is 117 Å². The highest BCUT2D eigenvalue weighted by Gasteiger charge is 2.04. The van der Waals surface area contributed by atoms with Gasteiger partial charge in [0.2, 0.25) is 0 Å². The summed E-state index contributed by atoms with van der Waals surface area (Å²) < 4.78 is 7.06. The average Bonchev–Trinajstić information content (AvgIpc) is 2.28. The molecule has 0 aromatic heterocycles. The Morgan fingerprint density at radius 2 is 1.73 bits per heavy atom. The van der Waals surface area contributed by atoms with Crippen LogP contribution in [0, 0.1) is 0 Å². The molecular weight excluding hydrogens is 418 g/mol. The summed E-state index contributed by atoms with van der Waals surface area (Å²) in [5.41, 5.74) is 2.40. The maximum absolute atomic E-state index is 11.2. The first-order chi connectivity index (χ1) is 7.19. The molecule has 0 aliphatic carbocycles. The number of hydrogen-bond donors (Lipinski definition) is 0. The van der Waals surface area contributed by atoms with Crippen molar-refractivity contribution in [1.82, 2.24) is 0 Å². The van der Waals surface area contributed by atoms with Gasteiger partial charge in [0, 0.05) is 15.3 Å². The molecule has 1 aromatic carbocycles. The molecular formula is C11H12I2O2. The Bertz CT molecular complexity index is 328. The van der Waals surface area contributed by atoms with E-state index in [2.05, 4.69) is 51.2 Å². The summed E-state index contributed by atoms with van der Waals surface area (Å²) in [4.78, 5) is 11.2. The Morgan fingerprint density at radius 1 is 1.20 bits per heavy atom. The third-order valence-electron chi connectivity index (χ3n) is 1.86. The largest absolute Gasteiger partial charge is 0.427 e. The van der Waals surface area contributed by atoms with E-state index in [9.17, 15) is 4.79 Å². The van der Waals surface area contributed by atoms with Crippen LogP contribution in [-0.4, -0.2) is 5.97 Å². The van der Waals surface area contributed by atoms with E-state index in [4.69, 9.17) is 4.74 Å². The van der Waals surface area contributed by atoms with Gasteiger partial charge in [0.1, 0.15) is 5.75 Å². The summed E-state index contributed by atoms with van der Waals surface area (Å²) in [6.45, 7) is 1.80. The van der Waals surface area contributed by atoms with Gasteiger partial charge in [-0.3, -0.25) is 4.79 Å². The molecule has 0 bridgehead atoms. The number of alkyl halides is 2. The SMILES string of the molecule is CCC(=O)Oc1cc(CI)cc(CI)c1. The van der Waals surface area contributed by atoms with E-state index in [0.29, 0.717) is 12.2 Å². The number of ether oxygens (including phenoxy) is 1. The van der Waals surface area contributed by atoms with Crippen molar-refractivity contribution in [3.8, 4) is 5.75 Å². The number of halogens is 2. The molecule has 15 heavy (non-hydrogen) atoms. The third kappa shape index (κ3) is 4.26. The van der Waals surface area contributed by atoms with Gasteiger partial charge < -0.3 is 4.74 Å². The van der Waals surface area contributed by atoms with Gasteiger partial charge in [0.25, 0.3) is 0 Å². The summed E-state index contributed by atoms with van der Waals surface area (Å²) in [7, 11) is 0. The first kappa shape index (κ1) is 13.2. The predicted molar refractivity (Wildman–Crippen MR) is 77.8 cm³/mol. The Morgan fingerprint density at radius 3 is 2.13 bits per heavy atom. The van der Waals surface area contributed by atoms with E-state index in [1.165, 1.54) is 11.1 Å². The molecule has 0 N–H and O–H groups in total. The van der Waals surface area contributed by atoms with Crippen molar-refractivity contribution in [2.24, 2.45) is 0 Å². The number of esters is 1. The van der Waals surface area contributed by atoms with Crippen molar-refractivity contribution >= 4 is 51.2 Å². The van der Waals surface area contributed by atoms with Crippen LogP contribution in [0.2, 0.25) is 0 Å². The molecule has 0 saturated heterocycles. The zero-order valence-electron chi connectivity index (χ0n) is 8.43. The normalized spacial score (nSPS) is 10.1. The minimum absolute atomic E-state index is 0.181. The molecule has 82 valence electrons. The lowest BCUT2D eigenvalue weighted by Gasteiger charge is -2.06. The highest BCUT2D eigenvalue weighted by atomic mass is 127. The lowest BCUT2D eigenvalue weighted by atomic mass is 10.1. The van der Waals surface area contributed by atoms with Crippen LogP contribution < -0.4 is 4.74 Å². The van der Waals surface area contributed by atoms with Gasteiger partial charge in [-0.25, -0.2) is 0 Å². The van der Waals surface area contributed by atoms with Crippen LogP contribution in [0.1, 0.15) is 24.5 Å². The molecule has 0 spiro atoms. The highest BCUT2D eigenvalue weighted by Crippen LogP contribution is 2.21. The fraction of sp³-hybridized carbons (Fsp3) is 0.364. The van der Waals surface area contributed by atoms with E-state index < -0.39 is 0 Å². The summed E-state index contributed by atoms with van der Waals surface area (Å²) in [5.74, 6) is 0.489. The minimum atomic E-state index is -0.181. The smallest absolute Gasteiger partial charge is 0.310 e. The molecule has 0 aliphatic rings. The lowest BCUT2D eigenvalue weighted by Crippen LogP contribution is -2.06. The van der Waals surface area contributed by atoms with Gasteiger partial charge in [-0.15, -0.1) is 0 Å². The molecule has 0 unspecified atom stereocenters. The molecule has 1 rings (SSSR count). The van der Waals surface area contributed by atoms with Crippen LogP contribution in [0.5, 0.6) is 5.75 Å². The van der Waals surface area contributed by atoms with Crippen molar-refractivity contribution in [2.45, 2.75) is 22.2 Å². The zero-order valence-corrected chi connectivity index (χ0v) is 12.7. The molecule has 0 heterocycles. The number of carbonyl (C=O) groups is 1. The molecule has 2 nitrogen and oxygen atoms in total. The summed E-state index contributed by atoms with van der Waals surface area (Å²) in [6, 6.07) is 5.99. The second-order valence-electron chi connectivity index (χ2n) is 3.08. The summed E-state index contributed by atoms with van der Waals surface area (Å²) in [6.07, 6.45) is 0.411. The standard InChI is InChI=1S/C11H12I2O2/c1-2-11(14)15-10-4-8(6-12)3-9(5-10)7-13/h3-5H,2,6-7H2,1H3. The first-order valence-electron chi connectivity index (χ1n) is 4.65. The summed E-state index contributed by atoms with van der Waals surface area (Å²) >= 11 is 4.61. The highest BCUT2D eigenvalue weighted by molar-refractivity contribution is 14.1. The van der Waals surface area contributed by atoms with Crippen LogP contribution >= 0.6 is 45.2 Å². The van der Waals surface area contributed by atoms with Crippen LogP contribution in [-0.2, 0) is 13.6 Å². The second kappa shape index (κ2) is 6.67. The Kier molecular flexibility index (Phi) is 5.88. The molecule has 0 aliphatic heterocycles. The van der Waals surface area contributed by atoms with Gasteiger partial charge in [0.15, 0.2) is 0 Å². The van der Waals surface area contributed by atoms with Crippen molar-refractivity contribution in [3.63, 3.8) is 0 Å². The number of hydrogen-bond acceptors (Lipinski definition) is 2. The minimum Gasteiger partial charge on any atom is -0.427 e. The molecule has 0 saturated carbocycles. The zero-order chi connectivity index (χ0) is 11.3. The van der Waals surface area contributed by atoms with Gasteiger partial charge >= 0.3 is 5.97 Å². The monoisotopic (exact) mass is 430 g/mol. The van der Waals surface area contributed by atoms with Crippen molar-refractivity contribution in [2.75, 3.05) is 0 Å². The molecule has 0 atom stereocenters. The number of rotatable bonds is 4. The van der Waals surface area contributed by atoms with Crippen molar-refractivity contribution in [1.29, 1.82) is 0 Å².